The van der Waals surface area contributed by atoms with Gasteiger partial charge < -0.3 is 10.7 Å². The van der Waals surface area contributed by atoms with Gasteiger partial charge in [0.25, 0.3) is 0 Å². The maximum absolute atomic E-state index is 5.87. The number of aromatic nitrogens is 4. The molecule has 3 N–H and O–H groups in total. The highest BCUT2D eigenvalue weighted by molar-refractivity contribution is 5.86. The fraction of sp³-hybridized carbons (Fsp3) is 0.0833. The molecule has 0 saturated heterocycles. The highest BCUT2D eigenvalue weighted by atomic mass is 35.5. The summed E-state index contributed by atoms with van der Waals surface area (Å²) in [5, 5.41) is 0.864. The average molecular weight is 298 g/mol. The molecule has 0 aliphatic heterocycles. The standard InChI is InChI=1S/C12H11N5.2ClH/c13-11-9-3-6-15-12(9)17-10(16-11)7-8-1-4-14-5-2-8;;/h1-6H,7H2,(H3,13,15,16,17);2*1H. The topological polar surface area (TPSA) is 80.5 Å². The molecule has 0 amide bonds. The van der Waals surface area contributed by atoms with Gasteiger partial charge in [0, 0.05) is 25.0 Å². The summed E-state index contributed by atoms with van der Waals surface area (Å²) < 4.78 is 0. The third-order valence-electron chi connectivity index (χ3n) is 2.60. The lowest BCUT2D eigenvalue weighted by Crippen LogP contribution is -2.01. The van der Waals surface area contributed by atoms with Crippen molar-refractivity contribution in [1.29, 1.82) is 0 Å². The third kappa shape index (κ3) is 3.13. The van der Waals surface area contributed by atoms with E-state index in [2.05, 4.69) is 19.9 Å². The van der Waals surface area contributed by atoms with Gasteiger partial charge in [-0.15, -0.1) is 24.8 Å². The zero-order chi connectivity index (χ0) is 11.7. The first-order valence-electron chi connectivity index (χ1n) is 5.31. The quantitative estimate of drug-likeness (QED) is 0.761. The van der Waals surface area contributed by atoms with E-state index in [0.717, 1.165) is 16.6 Å². The first-order chi connectivity index (χ1) is 8.33. The molecule has 0 fully saturated rings. The van der Waals surface area contributed by atoms with E-state index in [1.54, 1.807) is 12.4 Å². The number of hydrogen-bond acceptors (Lipinski definition) is 4. The molecule has 0 aliphatic rings. The number of H-pyrrole nitrogens is 1. The molecule has 3 aromatic heterocycles. The zero-order valence-corrected chi connectivity index (χ0v) is 11.5. The smallest absolute Gasteiger partial charge is 0.143 e. The molecule has 0 radical (unpaired) electrons. The van der Waals surface area contributed by atoms with E-state index in [4.69, 9.17) is 5.73 Å². The summed E-state index contributed by atoms with van der Waals surface area (Å²) in [5.41, 5.74) is 7.77. The number of nitrogens with zero attached hydrogens (tertiary/aromatic N) is 3. The Morgan fingerprint density at radius 2 is 1.79 bits per heavy atom. The molecule has 0 bridgehead atoms. The molecule has 0 aromatic carbocycles. The van der Waals surface area contributed by atoms with Crippen molar-refractivity contribution in [2.45, 2.75) is 6.42 Å². The predicted molar refractivity (Wildman–Crippen MR) is 79.8 cm³/mol. The third-order valence-corrected chi connectivity index (χ3v) is 2.60. The normalized spacial score (nSPS) is 9.68. The molecule has 100 valence electrons. The van der Waals surface area contributed by atoms with Gasteiger partial charge in [-0.05, 0) is 23.8 Å². The summed E-state index contributed by atoms with van der Waals surface area (Å²) in [5.74, 6) is 1.23. The predicted octanol–water partition coefficient (Wildman–Crippen LogP) is 2.37. The number of nitrogens with one attached hydrogen (secondary N) is 1. The van der Waals surface area contributed by atoms with Crippen LogP contribution in [0.2, 0.25) is 0 Å². The number of pyridine rings is 1. The molecule has 0 unspecified atom stereocenters. The minimum atomic E-state index is 0. The van der Waals surface area contributed by atoms with Crippen LogP contribution in [-0.4, -0.2) is 19.9 Å². The van der Waals surface area contributed by atoms with Crippen molar-refractivity contribution in [3.05, 3.63) is 48.2 Å². The second-order valence-electron chi connectivity index (χ2n) is 3.80. The second kappa shape index (κ2) is 6.36. The van der Waals surface area contributed by atoms with E-state index in [-0.39, 0.29) is 24.8 Å². The Kier molecular flexibility index (Phi) is 5.09. The summed E-state index contributed by atoms with van der Waals surface area (Å²) in [7, 11) is 0. The summed E-state index contributed by atoms with van der Waals surface area (Å²) in [6.07, 6.45) is 5.98. The number of halogens is 2. The molecule has 3 heterocycles. The lowest BCUT2D eigenvalue weighted by molar-refractivity contribution is 0.988. The Balaban J connectivity index is 0.000000902. The van der Waals surface area contributed by atoms with Crippen LogP contribution in [0.3, 0.4) is 0 Å². The lowest BCUT2D eigenvalue weighted by Gasteiger charge is -2.02. The van der Waals surface area contributed by atoms with Crippen molar-refractivity contribution in [3.63, 3.8) is 0 Å². The average Bonchev–Trinajstić information content (AvgIpc) is 2.79. The van der Waals surface area contributed by atoms with Gasteiger partial charge in [-0.3, -0.25) is 4.98 Å². The number of nitrogens with two attached hydrogens (primary N) is 1. The minimum absolute atomic E-state index is 0. The van der Waals surface area contributed by atoms with Gasteiger partial charge in [-0.2, -0.15) is 0 Å². The minimum Gasteiger partial charge on any atom is -0.383 e. The number of rotatable bonds is 2. The van der Waals surface area contributed by atoms with E-state index in [0.29, 0.717) is 18.1 Å². The number of fused-ring (bicyclic) bond motifs is 1. The van der Waals surface area contributed by atoms with Crippen molar-refractivity contribution in [3.8, 4) is 0 Å². The molecule has 3 rings (SSSR count). The van der Waals surface area contributed by atoms with Crippen LogP contribution in [0.5, 0.6) is 0 Å². The monoisotopic (exact) mass is 297 g/mol. The second-order valence-corrected chi connectivity index (χ2v) is 3.80. The van der Waals surface area contributed by atoms with Gasteiger partial charge in [-0.25, -0.2) is 9.97 Å². The number of aromatic amines is 1. The van der Waals surface area contributed by atoms with Crippen molar-refractivity contribution >= 4 is 41.7 Å². The van der Waals surface area contributed by atoms with Crippen LogP contribution in [0.4, 0.5) is 5.82 Å². The van der Waals surface area contributed by atoms with Gasteiger partial charge in [0.05, 0.1) is 5.39 Å². The summed E-state index contributed by atoms with van der Waals surface area (Å²) in [6, 6.07) is 5.76. The van der Waals surface area contributed by atoms with Crippen molar-refractivity contribution in [1.82, 2.24) is 19.9 Å². The maximum Gasteiger partial charge on any atom is 0.143 e. The summed E-state index contributed by atoms with van der Waals surface area (Å²) >= 11 is 0. The highest BCUT2D eigenvalue weighted by Gasteiger charge is 2.06. The van der Waals surface area contributed by atoms with E-state index < -0.39 is 0 Å². The molecular weight excluding hydrogens is 285 g/mol. The Bertz CT molecular complexity index is 654. The van der Waals surface area contributed by atoms with E-state index in [1.807, 2.05) is 24.4 Å². The molecule has 0 atom stereocenters. The Morgan fingerprint density at radius 3 is 2.53 bits per heavy atom. The van der Waals surface area contributed by atoms with Gasteiger partial charge in [-0.1, -0.05) is 0 Å². The Morgan fingerprint density at radius 1 is 1.05 bits per heavy atom. The van der Waals surface area contributed by atoms with Crippen LogP contribution >= 0.6 is 24.8 Å². The number of nitrogen functional groups attached to an aromatic ring is 1. The maximum atomic E-state index is 5.87. The SMILES string of the molecule is Cl.Cl.Nc1nc(Cc2ccncc2)nc2[nH]ccc12. The van der Waals surface area contributed by atoms with Gasteiger partial charge in [0.2, 0.25) is 0 Å². The van der Waals surface area contributed by atoms with Crippen LogP contribution < -0.4 is 5.73 Å². The summed E-state index contributed by atoms with van der Waals surface area (Å²) in [6.45, 7) is 0. The fourth-order valence-electron chi connectivity index (χ4n) is 1.78. The number of hydrogen-bond donors (Lipinski definition) is 2. The fourth-order valence-corrected chi connectivity index (χ4v) is 1.78. The van der Waals surface area contributed by atoms with E-state index in [1.165, 1.54) is 0 Å². The molecule has 19 heavy (non-hydrogen) atoms. The van der Waals surface area contributed by atoms with Crippen LogP contribution in [0.1, 0.15) is 11.4 Å². The molecule has 7 heteroatoms. The largest absolute Gasteiger partial charge is 0.383 e. The zero-order valence-electron chi connectivity index (χ0n) is 9.91. The van der Waals surface area contributed by atoms with Crippen molar-refractivity contribution in [2.24, 2.45) is 0 Å². The Labute approximate surface area is 122 Å². The molecule has 0 aliphatic carbocycles. The van der Waals surface area contributed by atoms with Crippen molar-refractivity contribution < 1.29 is 0 Å². The van der Waals surface area contributed by atoms with Crippen LogP contribution in [0.25, 0.3) is 11.0 Å². The first-order valence-corrected chi connectivity index (χ1v) is 5.31. The van der Waals surface area contributed by atoms with E-state index in [9.17, 15) is 0 Å². The van der Waals surface area contributed by atoms with Gasteiger partial charge in [0.1, 0.15) is 17.3 Å². The van der Waals surface area contributed by atoms with Gasteiger partial charge >= 0.3 is 0 Å². The molecule has 5 nitrogen and oxygen atoms in total. The van der Waals surface area contributed by atoms with E-state index >= 15 is 0 Å². The van der Waals surface area contributed by atoms with Crippen LogP contribution in [-0.2, 0) is 6.42 Å². The van der Waals surface area contributed by atoms with Crippen molar-refractivity contribution in [2.75, 3.05) is 5.73 Å². The molecule has 0 saturated carbocycles. The van der Waals surface area contributed by atoms with Gasteiger partial charge in [0.15, 0.2) is 0 Å². The molecule has 0 spiro atoms. The Hall–Kier alpha value is -1.85. The number of anilines is 1. The lowest BCUT2D eigenvalue weighted by atomic mass is 10.2. The van der Waals surface area contributed by atoms with Crippen LogP contribution in [0, 0.1) is 0 Å². The summed E-state index contributed by atoms with van der Waals surface area (Å²) in [4.78, 5) is 15.7. The highest BCUT2D eigenvalue weighted by Crippen LogP contribution is 2.17. The first kappa shape index (κ1) is 15.2. The molecular formula is C12H13Cl2N5. The van der Waals surface area contributed by atoms with Crippen LogP contribution in [0.15, 0.2) is 36.8 Å². The molecule has 3 aromatic rings.